The minimum atomic E-state index is -1.04. The molecule has 0 saturated carbocycles. The first-order valence-electron chi connectivity index (χ1n) is 11.3. The highest BCUT2D eigenvalue weighted by molar-refractivity contribution is 7.98. The summed E-state index contributed by atoms with van der Waals surface area (Å²) in [5, 5.41) is 14.9. The number of likely N-dealkylation sites (tertiary alicyclic amines) is 1. The molecule has 33 heavy (non-hydrogen) atoms. The van der Waals surface area contributed by atoms with E-state index in [4.69, 9.17) is 11.5 Å². The number of carbonyl (C=O) groups is 4. The fraction of sp³-hybridized carbons (Fsp3) is 0.810. The fourth-order valence-corrected chi connectivity index (χ4v) is 4.62. The molecule has 10 nitrogen and oxygen atoms in total. The van der Waals surface area contributed by atoms with E-state index in [1.165, 1.54) is 16.7 Å². The number of aliphatic carboxylic acids is 1. The van der Waals surface area contributed by atoms with Crippen LogP contribution in [0.3, 0.4) is 0 Å². The number of nitrogens with two attached hydrogens (primary N) is 2. The summed E-state index contributed by atoms with van der Waals surface area (Å²) in [6, 6.07) is -3.29. The van der Waals surface area contributed by atoms with Crippen molar-refractivity contribution in [3.05, 3.63) is 0 Å². The Labute approximate surface area is 204 Å². The second-order valence-electron chi connectivity index (χ2n) is 8.10. The van der Waals surface area contributed by atoms with E-state index in [1.807, 2.05) is 12.5 Å². The molecule has 12 heteroatoms. The fourth-order valence-electron chi connectivity index (χ4n) is 3.68. The van der Waals surface area contributed by atoms with Crippen LogP contribution in [0.2, 0.25) is 0 Å². The number of amides is 3. The zero-order chi connectivity index (χ0) is 24.8. The lowest BCUT2D eigenvalue weighted by atomic mass is 10.1. The molecule has 1 fully saturated rings. The first-order valence-corrected chi connectivity index (χ1v) is 14.1. The number of unbranched alkanes of at least 4 members (excludes halogenated alkanes) is 1. The molecule has 0 aromatic carbocycles. The third-order valence-electron chi connectivity index (χ3n) is 5.60. The van der Waals surface area contributed by atoms with Crippen molar-refractivity contribution >= 4 is 47.2 Å². The van der Waals surface area contributed by atoms with Gasteiger partial charge in [-0.05, 0) is 69.1 Å². The molecule has 0 aromatic heterocycles. The third-order valence-corrected chi connectivity index (χ3v) is 6.88. The second-order valence-corrected chi connectivity index (χ2v) is 10.1. The molecule has 1 saturated heterocycles. The van der Waals surface area contributed by atoms with Crippen molar-refractivity contribution in [2.24, 2.45) is 11.5 Å². The molecule has 0 aromatic rings. The summed E-state index contributed by atoms with van der Waals surface area (Å²) in [7, 11) is 0. The minimum absolute atomic E-state index is 0.353. The zero-order valence-corrected chi connectivity index (χ0v) is 21.2. The van der Waals surface area contributed by atoms with Crippen LogP contribution in [0, 0.1) is 0 Å². The molecule has 1 rings (SSSR count). The molecule has 4 atom stereocenters. The molecule has 4 unspecified atom stereocenters. The van der Waals surface area contributed by atoms with Crippen LogP contribution in [0.15, 0.2) is 0 Å². The van der Waals surface area contributed by atoms with Crippen LogP contribution < -0.4 is 22.1 Å². The Morgan fingerprint density at radius 1 is 1.00 bits per heavy atom. The van der Waals surface area contributed by atoms with Gasteiger partial charge < -0.3 is 32.1 Å². The van der Waals surface area contributed by atoms with Gasteiger partial charge in [0.15, 0.2) is 0 Å². The summed E-state index contributed by atoms with van der Waals surface area (Å²) < 4.78 is 0. The molecule has 3 amide bonds. The van der Waals surface area contributed by atoms with Crippen LogP contribution >= 0.6 is 23.5 Å². The SMILES string of the molecule is CSCCC(NC(=O)C(N)CCCCN)C(=O)NC(CCSC)C(=O)N1CCCC1C(=O)O. The third kappa shape index (κ3) is 10.1. The zero-order valence-electron chi connectivity index (χ0n) is 19.6. The molecule has 0 spiro atoms. The molecule has 1 heterocycles. The van der Waals surface area contributed by atoms with E-state index in [0.29, 0.717) is 56.7 Å². The summed E-state index contributed by atoms with van der Waals surface area (Å²) >= 11 is 3.08. The van der Waals surface area contributed by atoms with Gasteiger partial charge >= 0.3 is 5.97 Å². The Balaban J connectivity index is 2.88. The minimum Gasteiger partial charge on any atom is -0.480 e. The Morgan fingerprint density at radius 3 is 2.18 bits per heavy atom. The van der Waals surface area contributed by atoms with Crippen LogP contribution in [0.4, 0.5) is 0 Å². The van der Waals surface area contributed by atoms with Crippen LogP contribution in [-0.2, 0) is 19.2 Å². The van der Waals surface area contributed by atoms with E-state index in [0.717, 1.165) is 12.8 Å². The molecular formula is C21H39N5O5S2. The maximum atomic E-state index is 13.1. The van der Waals surface area contributed by atoms with Gasteiger partial charge in [-0.15, -0.1) is 0 Å². The number of carboxylic acid groups (broad SMARTS) is 1. The van der Waals surface area contributed by atoms with E-state index >= 15 is 0 Å². The molecule has 1 aliphatic heterocycles. The van der Waals surface area contributed by atoms with Crippen molar-refractivity contribution in [1.29, 1.82) is 0 Å². The smallest absolute Gasteiger partial charge is 0.326 e. The van der Waals surface area contributed by atoms with Gasteiger partial charge in [0.25, 0.3) is 0 Å². The Hall–Kier alpha value is -1.50. The molecular weight excluding hydrogens is 466 g/mol. The largest absolute Gasteiger partial charge is 0.480 e. The highest BCUT2D eigenvalue weighted by Crippen LogP contribution is 2.20. The highest BCUT2D eigenvalue weighted by atomic mass is 32.2. The van der Waals surface area contributed by atoms with Crippen molar-refractivity contribution in [3.8, 4) is 0 Å². The van der Waals surface area contributed by atoms with Crippen LogP contribution in [-0.4, -0.2) is 95.0 Å². The van der Waals surface area contributed by atoms with Gasteiger partial charge in [-0.1, -0.05) is 6.42 Å². The lowest BCUT2D eigenvalue weighted by Gasteiger charge is -2.29. The van der Waals surface area contributed by atoms with E-state index in [-0.39, 0.29) is 0 Å². The van der Waals surface area contributed by atoms with Gasteiger partial charge in [0.2, 0.25) is 17.7 Å². The molecule has 7 N–H and O–H groups in total. The predicted molar refractivity (Wildman–Crippen MR) is 133 cm³/mol. The number of hydrogen-bond donors (Lipinski definition) is 5. The van der Waals surface area contributed by atoms with E-state index in [2.05, 4.69) is 10.6 Å². The van der Waals surface area contributed by atoms with Gasteiger partial charge in [-0.3, -0.25) is 14.4 Å². The summed E-state index contributed by atoms with van der Waals surface area (Å²) in [6.45, 7) is 0.879. The predicted octanol–water partition coefficient (Wildman–Crippen LogP) is -0.00590. The van der Waals surface area contributed by atoms with Crippen molar-refractivity contribution in [3.63, 3.8) is 0 Å². The summed E-state index contributed by atoms with van der Waals surface area (Å²) in [4.78, 5) is 51.6. The highest BCUT2D eigenvalue weighted by Gasteiger charge is 2.38. The van der Waals surface area contributed by atoms with Crippen LogP contribution in [0.25, 0.3) is 0 Å². The van der Waals surface area contributed by atoms with Gasteiger partial charge in [-0.2, -0.15) is 23.5 Å². The van der Waals surface area contributed by atoms with E-state index < -0.39 is 47.9 Å². The number of nitrogens with zero attached hydrogens (tertiary/aromatic N) is 1. The van der Waals surface area contributed by atoms with Crippen molar-refractivity contribution in [2.75, 3.05) is 37.1 Å². The summed E-state index contributed by atoms with van der Waals surface area (Å²) in [5.41, 5.74) is 11.4. The van der Waals surface area contributed by atoms with E-state index in [9.17, 15) is 24.3 Å². The van der Waals surface area contributed by atoms with Gasteiger partial charge in [0.1, 0.15) is 18.1 Å². The quantitative estimate of drug-likeness (QED) is 0.181. The van der Waals surface area contributed by atoms with Crippen molar-refractivity contribution in [2.45, 2.75) is 69.1 Å². The monoisotopic (exact) mass is 505 g/mol. The maximum absolute atomic E-state index is 13.1. The first kappa shape index (κ1) is 29.5. The molecule has 1 aliphatic rings. The topological polar surface area (TPSA) is 168 Å². The number of nitrogens with one attached hydrogen (secondary N) is 2. The number of thioether (sulfide) groups is 2. The normalized spacial score (nSPS) is 18.4. The number of hydrogen-bond acceptors (Lipinski definition) is 8. The first-order chi connectivity index (χ1) is 15.8. The van der Waals surface area contributed by atoms with Crippen molar-refractivity contribution in [1.82, 2.24) is 15.5 Å². The molecule has 0 radical (unpaired) electrons. The maximum Gasteiger partial charge on any atom is 0.326 e. The Bertz CT molecular complexity index is 655. The van der Waals surface area contributed by atoms with Gasteiger partial charge in [0, 0.05) is 6.54 Å². The van der Waals surface area contributed by atoms with Gasteiger partial charge in [-0.25, -0.2) is 4.79 Å². The summed E-state index contributed by atoms with van der Waals surface area (Å²) in [6.07, 6.45) is 7.53. The van der Waals surface area contributed by atoms with Crippen molar-refractivity contribution < 1.29 is 24.3 Å². The standard InChI is InChI=1S/C21H39N5O5S2/c1-32-12-8-15(24-18(27)14(23)6-3-4-10-22)19(28)25-16(9-13-33-2)20(29)26-11-5-7-17(26)21(30)31/h14-17H,3-13,22-23H2,1-2H3,(H,24,27)(H,25,28)(H,30,31). The number of rotatable bonds is 16. The number of carboxylic acids is 1. The average Bonchev–Trinajstić information content (AvgIpc) is 3.29. The molecule has 0 bridgehead atoms. The van der Waals surface area contributed by atoms with Crippen LogP contribution in [0.1, 0.15) is 44.9 Å². The summed E-state index contributed by atoms with van der Waals surface area (Å²) in [5.74, 6) is -1.05. The van der Waals surface area contributed by atoms with E-state index in [1.54, 1.807) is 11.8 Å². The Kier molecular flexibility index (Phi) is 14.5. The number of carbonyl (C=O) groups excluding carboxylic acids is 3. The Morgan fingerprint density at radius 2 is 1.61 bits per heavy atom. The molecule has 0 aliphatic carbocycles. The van der Waals surface area contributed by atoms with Crippen LogP contribution in [0.5, 0.6) is 0 Å². The molecule has 190 valence electrons. The lowest BCUT2D eigenvalue weighted by molar-refractivity contribution is -0.149. The van der Waals surface area contributed by atoms with Gasteiger partial charge in [0.05, 0.1) is 6.04 Å². The average molecular weight is 506 g/mol. The second kappa shape index (κ2) is 16.2. The lowest BCUT2D eigenvalue weighted by Crippen LogP contribution is -2.57.